The molecule has 3 nitrogen and oxygen atoms in total. The molecule has 0 aliphatic rings. The zero-order valence-corrected chi connectivity index (χ0v) is 13.0. The van der Waals surface area contributed by atoms with Gasteiger partial charge in [0.1, 0.15) is 0 Å². The van der Waals surface area contributed by atoms with Crippen molar-refractivity contribution in [3.05, 3.63) is 70.7 Å². The van der Waals surface area contributed by atoms with Crippen LogP contribution in [0.25, 0.3) is 5.69 Å². The van der Waals surface area contributed by atoms with Crippen LogP contribution in [0.4, 0.5) is 0 Å². The standard InChI is InChI=1S/C17H19N3S/c1-2-19(14-17-9-6-10-21-17)12-15-11-18-20(13-15)16-7-4-3-5-8-16/h3-11,13H,2,12,14H2,1H3. The van der Waals surface area contributed by atoms with Crippen LogP contribution in [-0.2, 0) is 13.1 Å². The lowest BCUT2D eigenvalue weighted by molar-refractivity contribution is 0.274. The highest BCUT2D eigenvalue weighted by Gasteiger charge is 2.08. The SMILES string of the molecule is CCN(Cc1cnn(-c2ccccc2)c1)Cc1cccs1. The molecule has 0 bridgehead atoms. The predicted molar refractivity (Wildman–Crippen MR) is 87.7 cm³/mol. The summed E-state index contributed by atoms with van der Waals surface area (Å²) in [5, 5.41) is 6.60. The van der Waals surface area contributed by atoms with E-state index in [4.69, 9.17) is 0 Å². The van der Waals surface area contributed by atoms with E-state index in [0.29, 0.717) is 0 Å². The number of thiophene rings is 1. The van der Waals surface area contributed by atoms with Gasteiger partial charge in [-0.3, -0.25) is 4.90 Å². The quantitative estimate of drug-likeness (QED) is 0.687. The average Bonchev–Trinajstić information content (AvgIpc) is 3.19. The van der Waals surface area contributed by atoms with Gasteiger partial charge < -0.3 is 0 Å². The van der Waals surface area contributed by atoms with Gasteiger partial charge in [-0.1, -0.05) is 31.2 Å². The molecule has 0 aliphatic heterocycles. The Morgan fingerprint density at radius 2 is 1.95 bits per heavy atom. The molecule has 2 heterocycles. The van der Waals surface area contributed by atoms with Crippen LogP contribution in [0.3, 0.4) is 0 Å². The first kappa shape index (κ1) is 14.0. The van der Waals surface area contributed by atoms with Gasteiger partial charge >= 0.3 is 0 Å². The number of hydrogen-bond acceptors (Lipinski definition) is 3. The summed E-state index contributed by atoms with van der Waals surface area (Å²) in [5.74, 6) is 0. The van der Waals surface area contributed by atoms with Gasteiger partial charge in [0.25, 0.3) is 0 Å². The Bertz CT molecular complexity index is 658. The molecule has 0 N–H and O–H groups in total. The Morgan fingerprint density at radius 1 is 1.10 bits per heavy atom. The minimum Gasteiger partial charge on any atom is -0.294 e. The molecule has 0 unspecified atom stereocenters. The maximum absolute atomic E-state index is 4.46. The molecule has 3 rings (SSSR count). The van der Waals surface area contributed by atoms with Crippen molar-refractivity contribution in [1.29, 1.82) is 0 Å². The molecule has 2 aromatic heterocycles. The summed E-state index contributed by atoms with van der Waals surface area (Å²) in [6, 6.07) is 14.5. The fourth-order valence-electron chi connectivity index (χ4n) is 2.32. The maximum atomic E-state index is 4.46. The molecule has 0 fully saturated rings. The number of hydrogen-bond donors (Lipinski definition) is 0. The third-order valence-corrected chi connectivity index (χ3v) is 4.33. The van der Waals surface area contributed by atoms with E-state index in [1.54, 1.807) is 0 Å². The van der Waals surface area contributed by atoms with Gasteiger partial charge in [0, 0.05) is 29.7 Å². The molecule has 0 saturated carbocycles. The first-order chi connectivity index (χ1) is 10.3. The Hall–Kier alpha value is -1.91. The summed E-state index contributed by atoms with van der Waals surface area (Å²) in [5.41, 5.74) is 2.35. The number of rotatable bonds is 6. The lowest BCUT2D eigenvalue weighted by atomic mass is 10.3. The second-order valence-corrected chi connectivity index (χ2v) is 6.04. The predicted octanol–water partition coefficient (Wildman–Crippen LogP) is 3.96. The Balaban J connectivity index is 1.68. The zero-order chi connectivity index (χ0) is 14.5. The molecule has 0 saturated heterocycles. The van der Waals surface area contributed by atoms with Gasteiger partial charge in [-0.2, -0.15) is 5.10 Å². The van der Waals surface area contributed by atoms with Gasteiger partial charge in [0.2, 0.25) is 0 Å². The van der Waals surface area contributed by atoms with E-state index in [-0.39, 0.29) is 0 Å². The van der Waals surface area contributed by atoms with Crippen molar-refractivity contribution >= 4 is 11.3 Å². The highest BCUT2D eigenvalue weighted by atomic mass is 32.1. The van der Waals surface area contributed by atoms with Crippen molar-refractivity contribution in [3.63, 3.8) is 0 Å². The smallest absolute Gasteiger partial charge is 0.0645 e. The minimum absolute atomic E-state index is 0.932. The van der Waals surface area contributed by atoms with Crippen molar-refractivity contribution in [2.45, 2.75) is 20.0 Å². The summed E-state index contributed by atoms with van der Waals surface area (Å²) >= 11 is 1.82. The molecule has 0 amide bonds. The topological polar surface area (TPSA) is 21.1 Å². The number of para-hydroxylation sites is 1. The van der Waals surface area contributed by atoms with Gasteiger partial charge in [0.05, 0.1) is 11.9 Å². The van der Waals surface area contributed by atoms with Crippen LogP contribution < -0.4 is 0 Å². The summed E-state index contributed by atoms with van der Waals surface area (Å²) in [6.07, 6.45) is 4.08. The molecule has 0 atom stereocenters. The van der Waals surface area contributed by atoms with Crippen LogP contribution in [0, 0.1) is 0 Å². The number of nitrogens with zero attached hydrogens (tertiary/aromatic N) is 3. The monoisotopic (exact) mass is 297 g/mol. The molecule has 108 valence electrons. The van der Waals surface area contributed by atoms with Crippen LogP contribution in [0.5, 0.6) is 0 Å². The lowest BCUT2D eigenvalue weighted by Crippen LogP contribution is -2.21. The first-order valence-corrected chi connectivity index (χ1v) is 8.07. The van der Waals surface area contributed by atoms with Crippen LogP contribution in [-0.4, -0.2) is 21.2 Å². The van der Waals surface area contributed by atoms with Crippen molar-refractivity contribution in [3.8, 4) is 5.69 Å². The fourth-order valence-corrected chi connectivity index (χ4v) is 3.07. The van der Waals surface area contributed by atoms with Gasteiger partial charge in [0.15, 0.2) is 0 Å². The van der Waals surface area contributed by atoms with Crippen molar-refractivity contribution in [1.82, 2.24) is 14.7 Å². The van der Waals surface area contributed by atoms with Crippen molar-refractivity contribution in [2.75, 3.05) is 6.54 Å². The molecule has 3 aromatic rings. The largest absolute Gasteiger partial charge is 0.294 e. The third kappa shape index (κ3) is 3.60. The third-order valence-electron chi connectivity index (χ3n) is 3.47. The van der Waals surface area contributed by atoms with Crippen LogP contribution >= 0.6 is 11.3 Å². The van der Waals surface area contributed by atoms with Crippen molar-refractivity contribution < 1.29 is 0 Å². The second-order valence-electron chi connectivity index (χ2n) is 5.01. The lowest BCUT2D eigenvalue weighted by Gasteiger charge is -2.18. The summed E-state index contributed by atoms with van der Waals surface area (Å²) in [4.78, 5) is 3.84. The molecular weight excluding hydrogens is 278 g/mol. The zero-order valence-electron chi connectivity index (χ0n) is 12.1. The maximum Gasteiger partial charge on any atom is 0.0645 e. The summed E-state index contributed by atoms with van der Waals surface area (Å²) < 4.78 is 1.94. The van der Waals surface area contributed by atoms with Crippen LogP contribution in [0.1, 0.15) is 17.4 Å². The molecule has 4 heteroatoms. The van der Waals surface area contributed by atoms with Gasteiger partial charge in [-0.25, -0.2) is 4.68 Å². The van der Waals surface area contributed by atoms with E-state index < -0.39 is 0 Å². The van der Waals surface area contributed by atoms with E-state index in [1.807, 2.05) is 40.4 Å². The number of aromatic nitrogens is 2. The van der Waals surface area contributed by atoms with Gasteiger partial charge in [-0.05, 0) is 30.1 Å². The second kappa shape index (κ2) is 6.70. The van der Waals surface area contributed by atoms with E-state index in [0.717, 1.165) is 25.3 Å². The van der Waals surface area contributed by atoms with Crippen molar-refractivity contribution in [2.24, 2.45) is 0 Å². The molecule has 0 aliphatic carbocycles. The first-order valence-electron chi connectivity index (χ1n) is 7.19. The highest BCUT2D eigenvalue weighted by molar-refractivity contribution is 7.09. The summed E-state index contributed by atoms with van der Waals surface area (Å²) in [7, 11) is 0. The molecule has 0 spiro atoms. The number of benzene rings is 1. The van der Waals surface area contributed by atoms with E-state index in [2.05, 4.69) is 52.8 Å². The summed E-state index contributed by atoms with van der Waals surface area (Å²) in [6.45, 7) is 5.18. The highest BCUT2D eigenvalue weighted by Crippen LogP contribution is 2.15. The Morgan fingerprint density at radius 3 is 2.67 bits per heavy atom. The van der Waals surface area contributed by atoms with Crippen LogP contribution in [0.2, 0.25) is 0 Å². The minimum atomic E-state index is 0.932. The fraction of sp³-hybridized carbons (Fsp3) is 0.235. The Labute approximate surface area is 129 Å². The molecular formula is C17H19N3S. The molecule has 0 radical (unpaired) electrons. The molecule has 21 heavy (non-hydrogen) atoms. The van der Waals surface area contributed by atoms with E-state index >= 15 is 0 Å². The average molecular weight is 297 g/mol. The molecule has 1 aromatic carbocycles. The Kier molecular flexibility index (Phi) is 4.48. The van der Waals surface area contributed by atoms with E-state index in [1.165, 1.54) is 10.4 Å². The van der Waals surface area contributed by atoms with Crippen LogP contribution in [0.15, 0.2) is 60.2 Å². The normalized spacial score (nSPS) is 11.1. The van der Waals surface area contributed by atoms with E-state index in [9.17, 15) is 0 Å². The van der Waals surface area contributed by atoms with Gasteiger partial charge in [-0.15, -0.1) is 11.3 Å².